The molecule has 14 heavy (non-hydrogen) atoms. The third-order valence-electron chi connectivity index (χ3n) is 1.66. The Morgan fingerprint density at radius 1 is 1.50 bits per heavy atom. The summed E-state index contributed by atoms with van der Waals surface area (Å²) in [5.41, 5.74) is 1.05. The first kappa shape index (κ1) is 12.4. The molecule has 0 aliphatic carbocycles. The molecule has 0 atom stereocenters. The molecular formula is C11H17N2O+. The Labute approximate surface area is 85.1 Å². The third-order valence-corrected chi connectivity index (χ3v) is 1.66. The number of rotatable bonds is 6. The molecule has 0 aliphatic heterocycles. The van der Waals surface area contributed by atoms with Crippen LogP contribution in [-0.2, 0) is 0 Å². The third kappa shape index (κ3) is 8.54. The molecule has 0 aromatic rings. The number of aliphatic hydroxyl groups is 1. The van der Waals surface area contributed by atoms with Gasteiger partial charge in [-0.15, -0.1) is 0 Å². The van der Waals surface area contributed by atoms with Gasteiger partial charge in [0.05, 0.1) is 0 Å². The minimum atomic E-state index is 0.122. The predicted octanol–water partition coefficient (Wildman–Crippen LogP) is 3.93. The number of aliphatic hydroxyl groups excluding tert-OH is 1. The van der Waals surface area contributed by atoms with Gasteiger partial charge in [-0.3, -0.25) is 0 Å². The van der Waals surface area contributed by atoms with Crippen molar-refractivity contribution >= 4 is 0 Å². The maximum Gasteiger partial charge on any atom is 0.387 e. The highest BCUT2D eigenvalue weighted by molar-refractivity contribution is 5.10. The van der Waals surface area contributed by atoms with Gasteiger partial charge in [-0.2, -0.15) is 0 Å². The van der Waals surface area contributed by atoms with E-state index in [-0.39, 0.29) is 5.76 Å². The van der Waals surface area contributed by atoms with E-state index in [4.69, 9.17) is 10.5 Å². The van der Waals surface area contributed by atoms with Crippen molar-refractivity contribution in [1.82, 2.24) is 0 Å². The number of diazo groups is 1. The predicted molar refractivity (Wildman–Crippen MR) is 58.2 cm³/mol. The molecule has 0 aliphatic rings. The molecule has 0 bridgehead atoms. The fourth-order valence-corrected chi connectivity index (χ4v) is 0.984. The monoisotopic (exact) mass is 193 g/mol. The van der Waals surface area contributed by atoms with Gasteiger partial charge < -0.3 is 5.11 Å². The molecular weight excluding hydrogens is 176 g/mol. The van der Waals surface area contributed by atoms with Crippen molar-refractivity contribution in [3.05, 3.63) is 41.2 Å². The zero-order chi connectivity index (χ0) is 10.8. The average Bonchev–Trinajstić information content (AvgIpc) is 2.11. The summed E-state index contributed by atoms with van der Waals surface area (Å²) in [6.07, 6.45) is 8.55. The van der Waals surface area contributed by atoms with Crippen LogP contribution in [0, 0.1) is 5.39 Å². The molecule has 76 valence electrons. The number of unbranched alkanes of at least 4 members (excludes halogenated alkanes) is 2. The van der Waals surface area contributed by atoms with E-state index in [0.29, 0.717) is 6.42 Å². The van der Waals surface area contributed by atoms with Crippen LogP contribution in [0.1, 0.15) is 32.6 Å². The van der Waals surface area contributed by atoms with E-state index in [1.54, 1.807) is 0 Å². The average molecular weight is 193 g/mol. The van der Waals surface area contributed by atoms with Gasteiger partial charge in [0.1, 0.15) is 0 Å². The molecule has 0 rings (SSSR count). The van der Waals surface area contributed by atoms with Crippen LogP contribution in [0.5, 0.6) is 0 Å². The SMILES string of the molecule is C=C(C)/C=C/CCCC/C(O)=C/[N+]#N. The minimum Gasteiger partial charge on any atom is -0.505 e. The Kier molecular flexibility index (Phi) is 7.16. The van der Waals surface area contributed by atoms with Crippen LogP contribution in [0.25, 0.3) is 4.98 Å². The molecule has 0 spiro atoms. The molecule has 0 heterocycles. The van der Waals surface area contributed by atoms with Crippen molar-refractivity contribution in [2.75, 3.05) is 0 Å². The summed E-state index contributed by atoms with van der Waals surface area (Å²) >= 11 is 0. The van der Waals surface area contributed by atoms with Crippen molar-refractivity contribution < 1.29 is 5.11 Å². The van der Waals surface area contributed by atoms with E-state index in [2.05, 4.69) is 17.6 Å². The van der Waals surface area contributed by atoms with Gasteiger partial charge in [-0.1, -0.05) is 24.3 Å². The Morgan fingerprint density at radius 2 is 2.21 bits per heavy atom. The highest BCUT2D eigenvalue weighted by Crippen LogP contribution is 2.07. The van der Waals surface area contributed by atoms with Crippen LogP contribution in [0.3, 0.4) is 0 Å². The summed E-state index contributed by atoms with van der Waals surface area (Å²) in [5.74, 6) is 0.122. The second-order valence-corrected chi connectivity index (χ2v) is 3.23. The van der Waals surface area contributed by atoms with Gasteiger partial charge >= 0.3 is 6.20 Å². The van der Waals surface area contributed by atoms with Gasteiger partial charge in [0, 0.05) is 6.42 Å². The summed E-state index contributed by atoms with van der Waals surface area (Å²) in [5, 5.41) is 17.2. The van der Waals surface area contributed by atoms with Crippen LogP contribution in [-0.4, -0.2) is 5.11 Å². The lowest BCUT2D eigenvalue weighted by Crippen LogP contribution is -1.81. The number of nitrogens with zero attached hydrogens (tertiary/aromatic N) is 2. The molecule has 0 aromatic heterocycles. The van der Waals surface area contributed by atoms with Crippen molar-refractivity contribution in [2.45, 2.75) is 32.6 Å². The summed E-state index contributed by atoms with van der Waals surface area (Å²) in [4.78, 5) is 2.74. The van der Waals surface area contributed by atoms with E-state index in [1.165, 1.54) is 0 Å². The maximum absolute atomic E-state index is 9.07. The summed E-state index contributed by atoms with van der Waals surface area (Å²) in [6.45, 7) is 5.70. The van der Waals surface area contributed by atoms with E-state index in [0.717, 1.165) is 31.0 Å². The highest BCUT2D eigenvalue weighted by atomic mass is 16.3. The van der Waals surface area contributed by atoms with Crippen LogP contribution < -0.4 is 0 Å². The van der Waals surface area contributed by atoms with E-state index in [9.17, 15) is 0 Å². The van der Waals surface area contributed by atoms with Crippen LogP contribution in [0.15, 0.2) is 36.3 Å². The first-order chi connectivity index (χ1) is 6.66. The molecule has 0 saturated heterocycles. The molecule has 1 N–H and O–H groups in total. The lowest BCUT2D eigenvalue weighted by molar-refractivity contribution is 0.382. The Balaban J connectivity index is 3.44. The second-order valence-electron chi connectivity index (χ2n) is 3.23. The summed E-state index contributed by atoms with van der Waals surface area (Å²) in [7, 11) is 0. The van der Waals surface area contributed by atoms with Gasteiger partial charge in [-0.25, -0.2) is 0 Å². The Bertz CT molecular complexity index is 272. The normalized spacial score (nSPS) is 11.6. The highest BCUT2D eigenvalue weighted by Gasteiger charge is 1.98. The van der Waals surface area contributed by atoms with Gasteiger partial charge in [0.25, 0.3) is 0 Å². The van der Waals surface area contributed by atoms with E-state index >= 15 is 0 Å². The summed E-state index contributed by atoms with van der Waals surface area (Å²) < 4.78 is 0. The molecule has 0 radical (unpaired) electrons. The number of hydrogen-bond acceptors (Lipinski definition) is 2. The fourth-order valence-electron chi connectivity index (χ4n) is 0.984. The van der Waals surface area contributed by atoms with Crippen molar-refractivity contribution in [3.8, 4) is 0 Å². The molecule has 0 amide bonds. The lowest BCUT2D eigenvalue weighted by atomic mass is 10.1. The van der Waals surface area contributed by atoms with Crippen molar-refractivity contribution in [1.29, 1.82) is 5.39 Å². The molecule has 3 nitrogen and oxygen atoms in total. The summed E-state index contributed by atoms with van der Waals surface area (Å²) in [6, 6.07) is 0. The second kappa shape index (κ2) is 8.06. The minimum absolute atomic E-state index is 0.122. The van der Waals surface area contributed by atoms with Gasteiger partial charge in [0.2, 0.25) is 5.39 Å². The van der Waals surface area contributed by atoms with Gasteiger partial charge in [-0.05, 0) is 26.2 Å². The molecule has 0 saturated carbocycles. The maximum atomic E-state index is 9.07. The fraction of sp³-hybridized carbons (Fsp3) is 0.455. The molecule has 0 aromatic carbocycles. The quantitative estimate of drug-likeness (QED) is 0.300. The zero-order valence-electron chi connectivity index (χ0n) is 8.61. The first-order valence-electron chi connectivity index (χ1n) is 4.71. The lowest BCUT2D eigenvalue weighted by Gasteiger charge is -1.94. The molecule has 3 heteroatoms. The zero-order valence-corrected chi connectivity index (χ0v) is 8.61. The largest absolute Gasteiger partial charge is 0.505 e. The Morgan fingerprint density at radius 3 is 2.79 bits per heavy atom. The topological polar surface area (TPSA) is 48.4 Å². The van der Waals surface area contributed by atoms with Crippen LogP contribution >= 0.6 is 0 Å². The van der Waals surface area contributed by atoms with E-state index in [1.807, 2.05) is 13.0 Å². The Hall–Kier alpha value is -1.56. The standard InChI is InChI=1S/C11H16N2O/c1-10(2)7-5-3-4-6-8-11(14)9-13-12/h5,7,9H,1,3-4,6,8H2,2H3/p+1/b7-5+,11-9-. The number of hydrogen-bond donors (Lipinski definition) is 1. The van der Waals surface area contributed by atoms with E-state index < -0.39 is 0 Å². The van der Waals surface area contributed by atoms with Gasteiger partial charge in [0.15, 0.2) is 10.7 Å². The van der Waals surface area contributed by atoms with Crippen molar-refractivity contribution in [3.63, 3.8) is 0 Å². The molecule has 0 unspecified atom stereocenters. The van der Waals surface area contributed by atoms with Crippen LogP contribution in [0.4, 0.5) is 0 Å². The number of allylic oxidation sites excluding steroid dienone is 4. The first-order valence-corrected chi connectivity index (χ1v) is 4.71. The van der Waals surface area contributed by atoms with Crippen molar-refractivity contribution in [2.24, 2.45) is 0 Å². The molecule has 0 fully saturated rings. The van der Waals surface area contributed by atoms with Crippen LogP contribution in [0.2, 0.25) is 0 Å². The smallest absolute Gasteiger partial charge is 0.387 e.